The number of rotatable bonds is 9. The number of benzene rings is 3. The number of Topliss-reactive ketones (excluding diaryl/α,β-unsaturated/α-hetero) is 1. The Balaban J connectivity index is 1.27. The van der Waals surface area contributed by atoms with E-state index in [-0.39, 0.29) is 36.4 Å². The average molecular weight is 533 g/mol. The minimum Gasteiger partial charge on any atom is -0.457 e. The predicted octanol–water partition coefficient (Wildman–Crippen LogP) is 5.13. The molecule has 194 valence electrons. The van der Waals surface area contributed by atoms with E-state index in [9.17, 15) is 14.0 Å². The molecule has 1 amide bonds. The number of carbonyl (C=O) groups is 2. The van der Waals surface area contributed by atoms with E-state index in [1.807, 2.05) is 36.4 Å². The highest BCUT2D eigenvalue weighted by Gasteiger charge is 2.39. The number of likely N-dealkylation sites (tertiary alicyclic amines) is 1. The second-order valence-corrected chi connectivity index (χ2v) is 9.88. The molecule has 0 unspecified atom stereocenters. The SMILES string of the molecule is O=C(Cc1ccc(Oc2ccc(F)cc2)cc1)[C@@H]1C[C@@H](Cc2cccc(Cl)c2)CN1C(=O)Cn1ccnn1. The number of hydrogen-bond donors (Lipinski definition) is 0. The summed E-state index contributed by atoms with van der Waals surface area (Å²) >= 11 is 6.16. The van der Waals surface area contributed by atoms with E-state index in [0.717, 1.165) is 17.5 Å². The zero-order chi connectivity index (χ0) is 26.5. The molecule has 7 nitrogen and oxygen atoms in total. The molecule has 0 spiro atoms. The molecular weight excluding hydrogens is 507 g/mol. The Morgan fingerprint density at radius 1 is 1.00 bits per heavy atom. The number of carbonyl (C=O) groups excluding carboxylic acids is 2. The van der Waals surface area contributed by atoms with Crippen LogP contribution in [0.3, 0.4) is 0 Å². The highest BCUT2D eigenvalue weighted by Crippen LogP contribution is 2.29. The fraction of sp³-hybridized carbons (Fsp3) is 0.241. The fourth-order valence-electron chi connectivity index (χ4n) is 4.83. The smallest absolute Gasteiger partial charge is 0.244 e. The van der Waals surface area contributed by atoms with Crippen LogP contribution >= 0.6 is 11.6 Å². The van der Waals surface area contributed by atoms with Crippen LogP contribution in [0.2, 0.25) is 5.02 Å². The normalized spacial score (nSPS) is 16.9. The van der Waals surface area contributed by atoms with Crippen LogP contribution in [0.15, 0.2) is 85.2 Å². The van der Waals surface area contributed by atoms with Gasteiger partial charge in [0.1, 0.15) is 23.9 Å². The zero-order valence-corrected chi connectivity index (χ0v) is 21.3. The third kappa shape index (κ3) is 6.44. The van der Waals surface area contributed by atoms with Crippen molar-refractivity contribution < 1.29 is 18.7 Å². The van der Waals surface area contributed by atoms with Gasteiger partial charge < -0.3 is 9.64 Å². The van der Waals surface area contributed by atoms with Crippen LogP contribution in [0.25, 0.3) is 0 Å². The van der Waals surface area contributed by atoms with Gasteiger partial charge in [0.25, 0.3) is 0 Å². The van der Waals surface area contributed by atoms with Gasteiger partial charge in [0.15, 0.2) is 5.78 Å². The molecule has 1 saturated heterocycles. The largest absolute Gasteiger partial charge is 0.457 e. The van der Waals surface area contributed by atoms with Crippen LogP contribution in [-0.2, 0) is 29.0 Å². The van der Waals surface area contributed by atoms with Crippen molar-refractivity contribution in [1.82, 2.24) is 19.9 Å². The van der Waals surface area contributed by atoms with Crippen molar-refractivity contribution in [3.63, 3.8) is 0 Å². The number of halogens is 2. The van der Waals surface area contributed by atoms with Crippen LogP contribution in [0.1, 0.15) is 17.5 Å². The lowest BCUT2D eigenvalue weighted by molar-refractivity contribution is -0.138. The lowest BCUT2D eigenvalue weighted by Crippen LogP contribution is -2.42. The third-order valence-electron chi connectivity index (χ3n) is 6.61. The first-order chi connectivity index (χ1) is 18.4. The van der Waals surface area contributed by atoms with Gasteiger partial charge in [0, 0.05) is 24.2 Å². The van der Waals surface area contributed by atoms with Crippen molar-refractivity contribution in [3.8, 4) is 11.5 Å². The number of amides is 1. The van der Waals surface area contributed by atoms with Gasteiger partial charge in [-0.1, -0.05) is 41.1 Å². The molecule has 38 heavy (non-hydrogen) atoms. The zero-order valence-electron chi connectivity index (χ0n) is 20.5. The van der Waals surface area contributed by atoms with E-state index in [0.29, 0.717) is 29.5 Å². The average Bonchev–Trinajstić information content (AvgIpc) is 3.57. The molecule has 1 aromatic heterocycles. The van der Waals surface area contributed by atoms with Crippen molar-refractivity contribution in [1.29, 1.82) is 0 Å². The monoisotopic (exact) mass is 532 g/mol. The number of hydrogen-bond acceptors (Lipinski definition) is 5. The number of nitrogens with zero attached hydrogens (tertiary/aromatic N) is 4. The molecule has 9 heteroatoms. The first-order valence-corrected chi connectivity index (χ1v) is 12.7. The summed E-state index contributed by atoms with van der Waals surface area (Å²) in [6.45, 7) is 0.518. The van der Waals surface area contributed by atoms with E-state index >= 15 is 0 Å². The molecule has 0 N–H and O–H groups in total. The molecule has 5 rings (SSSR count). The Morgan fingerprint density at radius 3 is 2.42 bits per heavy atom. The number of ketones is 1. The Hall–Kier alpha value is -4.04. The molecule has 0 saturated carbocycles. The molecule has 1 aliphatic rings. The molecule has 1 aliphatic heterocycles. The van der Waals surface area contributed by atoms with Crippen molar-refractivity contribution in [2.45, 2.75) is 31.8 Å². The van der Waals surface area contributed by atoms with Gasteiger partial charge in [-0.2, -0.15) is 0 Å². The van der Waals surface area contributed by atoms with Gasteiger partial charge in [-0.25, -0.2) is 9.07 Å². The minimum atomic E-state index is -0.523. The van der Waals surface area contributed by atoms with Crippen LogP contribution in [0.5, 0.6) is 11.5 Å². The van der Waals surface area contributed by atoms with Crippen molar-refractivity contribution in [3.05, 3.63) is 107 Å². The van der Waals surface area contributed by atoms with Gasteiger partial charge in [-0.3, -0.25) is 9.59 Å². The molecule has 4 aromatic rings. The standard InChI is InChI=1S/C29H26ClFN4O3/c30-23-3-1-2-21(15-23)14-22-16-27(35(18-22)29(37)19-34-13-12-32-33-34)28(36)17-20-4-8-25(9-5-20)38-26-10-6-24(31)7-11-26/h1-13,15,22,27H,14,16-19H2/t22-,27+/m1/s1. The Morgan fingerprint density at radius 2 is 1.74 bits per heavy atom. The second-order valence-electron chi connectivity index (χ2n) is 9.44. The van der Waals surface area contributed by atoms with E-state index in [4.69, 9.17) is 16.3 Å². The Labute approximate surface area is 224 Å². The highest BCUT2D eigenvalue weighted by atomic mass is 35.5. The summed E-state index contributed by atoms with van der Waals surface area (Å²) in [6, 6.07) is 20.1. The number of ether oxygens (including phenoxy) is 1. The Kier molecular flexibility index (Phi) is 7.79. The van der Waals surface area contributed by atoms with E-state index < -0.39 is 6.04 Å². The summed E-state index contributed by atoms with van der Waals surface area (Å²) in [4.78, 5) is 28.4. The van der Waals surface area contributed by atoms with E-state index in [1.54, 1.807) is 35.4 Å². The van der Waals surface area contributed by atoms with E-state index in [2.05, 4.69) is 10.3 Å². The maximum Gasteiger partial charge on any atom is 0.244 e. The topological polar surface area (TPSA) is 77.3 Å². The first kappa shape index (κ1) is 25.6. The first-order valence-electron chi connectivity index (χ1n) is 12.4. The van der Waals surface area contributed by atoms with Crippen molar-refractivity contribution in [2.75, 3.05) is 6.54 Å². The van der Waals surface area contributed by atoms with Crippen LogP contribution < -0.4 is 4.74 Å². The van der Waals surface area contributed by atoms with Crippen molar-refractivity contribution >= 4 is 23.3 Å². The van der Waals surface area contributed by atoms with Gasteiger partial charge in [-0.05, 0) is 78.4 Å². The van der Waals surface area contributed by atoms with Gasteiger partial charge >= 0.3 is 0 Å². The molecular formula is C29H26ClFN4O3. The summed E-state index contributed by atoms with van der Waals surface area (Å²) in [5.74, 6) is 0.729. The number of aromatic nitrogens is 3. The molecule has 2 heterocycles. The van der Waals surface area contributed by atoms with Crippen LogP contribution in [-0.4, -0.2) is 44.2 Å². The quantitative estimate of drug-likeness (QED) is 0.298. The maximum absolute atomic E-state index is 13.5. The van der Waals surface area contributed by atoms with Crippen molar-refractivity contribution in [2.24, 2.45) is 5.92 Å². The maximum atomic E-state index is 13.5. The lowest BCUT2D eigenvalue weighted by Gasteiger charge is -2.23. The molecule has 3 aromatic carbocycles. The molecule has 1 fully saturated rings. The van der Waals surface area contributed by atoms with Gasteiger partial charge in [-0.15, -0.1) is 5.10 Å². The summed E-state index contributed by atoms with van der Waals surface area (Å²) in [7, 11) is 0. The third-order valence-corrected chi connectivity index (χ3v) is 6.85. The minimum absolute atomic E-state index is 0.0160. The van der Waals surface area contributed by atoms with Crippen LogP contribution in [0, 0.1) is 11.7 Å². The van der Waals surface area contributed by atoms with E-state index in [1.165, 1.54) is 23.0 Å². The molecule has 0 aliphatic carbocycles. The second kappa shape index (κ2) is 11.6. The van der Waals surface area contributed by atoms with Gasteiger partial charge in [0.05, 0.1) is 12.2 Å². The molecule has 0 bridgehead atoms. The highest BCUT2D eigenvalue weighted by molar-refractivity contribution is 6.30. The van der Waals surface area contributed by atoms with Crippen LogP contribution in [0.4, 0.5) is 4.39 Å². The summed E-state index contributed by atoms with van der Waals surface area (Å²) in [6.07, 6.45) is 4.65. The fourth-order valence-corrected chi connectivity index (χ4v) is 5.04. The predicted molar refractivity (Wildman–Crippen MR) is 140 cm³/mol. The van der Waals surface area contributed by atoms with Gasteiger partial charge in [0.2, 0.25) is 5.91 Å². The Bertz CT molecular complexity index is 1390. The molecule has 0 radical (unpaired) electrons. The lowest BCUT2D eigenvalue weighted by atomic mass is 9.94. The summed E-state index contributed by atoms with van der Waals surface area (Å²) in [5.41, 5.74) is 1.90. The molecule has 2 atom stereocenters. The summed E-state index contributed by atoms with van der Waals surface area (Å²) < 4.78 is 20.3. The summed E-state index contributed by atoms with van der Waals surface area (Å²) in [5, 5.41) is 8.32.